The van der Waals surface area contributed by atoms with Crippen molar-refractivity contribution >= 4 is 23.8 Å². The molecule has 1 aliphatic carbocycles. The van der Waals surface area contributed by atoms with Gasteiger partial charge in [-0.2, -0.15) is 0 Å². The fraction of sp³-hybridized carbons (Fsp3) is 0.241. The molecule has 2 aromatic rings. The molecule has 38 heavy (non-hydrogen) atoms. The SMILES string of the molecule is COc1ccc(OC(=O)N(CC(=O)O)Cc2ccc(OCCN3C=CSC(C4=CC=CCC4)=C3)cc2)cc1. The number of methoxy groups -OCH3 is 1. The van der Waals surface area contributed by atoms with Gasteiger partial charge in [0.25, 0.3) is 0 Å². The highest BCUT2D eigenvalue weighted by Crippen LogP contribution is 2.33. The van der Waals surface area contributed by atoms with E-state index < -0.39 is 18.6 Å². The minimum Gasteiger partial charge on any atom is -0.497 e. The number of aliphatic carboxylic acids is 1. The van der Waals surface area contributed by atoms with Gasteiger partial charge in [-0.1, -0.05) is 42.1 Å². The molecule has 4 rings (SSSR count). The highest BCUT2D eigenvalue weighted by Gasteiger charge is 2.20. The van der Waals surface area contributed by atoms with E-state index in [0.717, 1.165) is 23.3 Å². The fourth-order valence-electron chi connectivity index (χ4n) is 3.85. The smallest absolute Gasteiger partial charge is 0.416 e. The van der Waals surface area contributed by atoms with Crippen LogP contribution in [0, 0.1) is 0 Å². The predicted molar refractivity (Wildman–Crippen MR) is 147 cm³/mol. The van der Waals surface area contributed by atoms with E-state index in [2.05, 4.69) is 34.7 Å². The van der Waals surface area contributed by atoms with Crippen molar-refractivity contribution in [1.29, 1.82) is 0 Å². The van der Waals surface area contributed by atoms with Crippen molar-refractivity contribution in [3.8, 4) is 17.2 Å². The zero-order chi connectivity index (χ0) is 26.7. The Kier molecular flexibility index (Phi) is 9.53. The largest absolute Gasteiger partial charge is 0.497 e. The van der Waals surface area contributed by atoms with Crippen LogP contribution in [0.5, 0.6) is 17.2 Å². The summed E-state index contributed by atoms with van der Waals surface area (Å²) in [5.41, 5.74) is 2.11. The first-order valence-electron chi connectivity index (χ1n) is 12.2. The number of carboxylic acids is 1. The molecular formula is C29H30N2O6S. The molecule has 1 amide bonds. The summed E-state index contributed by atoms with van der Waals surface area (Å²) in [6.07, 6.45) is 12.1. The summed E-state index contributed by atoms with van der Waals surface area (Å²) in [7, 11) is 1.54. The number of hydrogen-bond acceptors (Lipinski definition) is 7. The van der Waals surface area contributed by atoms with Gasteiger partial charge in [0.2, 0.25) is 0 Å². The van der Waals surface area contributed by atoms with Gasteiger partial charge >= 0.3 is 12.1 Å². The molecule has 0 saturated carbocycles. The van der Waals surface area contributed by atoms with Gasteiger partial charge in [-0.05, 0) is 65.8 Å². The van der Waals surface area contributed by atoms with Gasteiger partial charge in [0.1, 0.15) is 30.4 Å². The monoisotopic (exact) mass is 534 g/mol. The lowest BCUT2D eigenvalue weighted by Crippen LogP contribution is -2.37. The number of benzene rings is 2. The minimum absolute atomic E-state index is 0.0798. The molecule has 0 saturated heterocycles. The van der Waals surface area contributed by atoms with E-state index in [-0.39, 0.29) is 6.54 Å². The Hall–Kier alpha value is -4.11. The van der Waals surface area contributed by atoms with E-state index >= 15 is 0 Å². The number of amides is 1. The molecule has 9 heteroatoms. The lowest BCUT2D eigenvalue weighted by atomic mass is 10.1. The van der Waals surface area contributed by atoms with Gasteiger partial charge in [0.15, 0.2) is 0 Å². The molecule has 0 spiro atoms. The Morgan fingerprint density at radius 1 is 1.05 bits per heavy atom. The number of carbonyl (C=O) groups excluding carboxylic acids is 1. The van der Waals surface area contributed by atoms with Gasteiger partial charge in [0, 0.05) is 23.8 Å². The van der Waals surface area contributed by atoms with E-state index in [1.807, 2.05) is 30.5 Å². The zero-order valence-corrected chi connectivity index (χ0v) is 21.9. The van der Waals surface area contributed by atoms with Crippen LogP contribution in [0.3, 0.4) is 0 Å². The zero-order valence-electron chi connectivity index (χ0n) is 21.1. The second kappa shape index (κ2) is 13.4. The number of ether oxygens (including phenoxy) is 3. The number of nitrogens with zero attached hydrogens (tertiary/aromatic N) is 2. The summed E-state index contributed by atoms with van der Waals surface area (Å²) < 4.78 is 16.4. The van der Waals surface area contributed by atoms with Crippen molar-refractivity contribution in [3.05, 3.63) is 101 Å². The van der Waals surface area contributed by atoms with Gasteiger partial charge in [-0.25, -0.2) is 4.79 Å². The van der Waals surface area contributed by atoms with Crippen molar-refractivity contribution in [2.45, 2.75) is 19.4 Å². The molecule has 0 bridgehead atoms. The molecule has 198 valence electrons. The van der Waals surface area contributed by atoms with Crippen molar-refractivity contribution in [2.24, 2.45) is 0 Å². The molecular weight excluding hydrogens is 504 g/mol. The number of allylic oxidation sites excluding steroid dienone is 4. The van der Waals surface area contributed by atoms with Crippen LogP contribution in [-0.2, 0) is 11.3 Å². The lowest BCUT2D eigenvalue weighted by Gasteiger charge is -2.23. The average molecular weight is 535 g/mol. The number of thioether (sulfide) groups is 1. The Balaban J connectivity index is 1.29. The molecule has 1 N–H and O–H groups in total. The number of carbonyl (C=O) groups is 2. The Morgan fingerprint density at radius 2 is 1.79 bits per heavy atom. The van der Waals surface area contributed by atoms with Gasteiger partial charge < -0.3 is 24.2 Å². The van der Waals surface area contributed by atoms with Gasteiger partial charge in [-0.3, -0.25) is 9.69 Å². The first kappa shape index (κ1) is 26.9. The molecule has 2 aliphatic rings. The Morgan fingerprint density at radius 3 is 2.47 bits per heavy atom. The first-order chi connectivity index (χ1) is 18.5. The summed E-state index contributed by atoms with van der Waals surface area (Å²) in [5, 5.41) is 11.4. The van der Waals surface area contributed by atoms with Gasteiger partial charge in [0.05, 0.1) is 13.7 Å². The Bertz CT molecular complexity index is 1230. The van der Waals surface area contributed by atoms with Crippen LogP contribution < -0.4 is 14.2 Å². The number of rotatable bonds is 11. The van der Waals surface area contributed by atoms with Crippen molar-refractivity contribution in [3.63, 3.8) is 0 Å². The van der Waals surface area contributed by atoms with Crippen molar-refractivity contribution in [1.82, 2.24) is 9.80 Å². The highest BCUT2D eigenvalue weighted by molar-refractivity contribution is 8.06. The summed E-state index contributed by atoms with van der Waals surface area (Å²) >= 11 is 1.73. The molecule has 0 radical (unpaired) electrons. The number of hydrogen-bond donors (Lipinski definition) is 1. The first-order valence-corrected chi connectivity index (χ1v) is 13.1. The van der Waals surface area contributed by atoms with Crippen LogP contribution in [-0.4, -0.2) is 53.8 Å². The van der Waals surface area contributed by atoms with E-state index in [9.17, 15) is 14.7 Å². The lowest BCUT2D eigenvalue weighted by molar-refractivity contribution is -0.138. The van der Waals surface area contributed by atoms with Crippen molar-refractivity contribution < 1.29 is 28.9 Å². The van der Waals surface area contributed by atoms with Crippen LogP contribution in [0.15, 0.2) is 95.0 Å². The maximum atomic E-state index is 12.7. The predicted octanol–water partition coefficient (Wildman–Crippen LogP) is 5.80. The molecule has 2 aromatic carbocycles. The van der Waals surface area contributed by atoms with Crippen LogP contribution >= 0.6 is 11.8 Å². The van der Waals surface area contributed by atoms with E-state index in [1.165, 1.54) is 17.6 Å². The fourth-order valence-corrected chi connectivity index (χ4v) is 4.73. The quantitative estimate of drug-likeness (QED) is 0.387. The molecule has 0 atom stereocenters. The maximum absolute atomic E-state index is 12.7. The highest BCUT2D eigenvalue weighted by atomic mass is 32.2. The third-order valence-corrected chi connectivity index (χ3v) is 6.70. The molecule has 0 aromatic heterocycles. The topological polar surface area (TPSA) is 88.5 Å². The molecule has 8 nitrogen and oxygen atoms in total. The summed E-state index contributed by atoms with van der Waals surface area (Å²) in [5.74, 6) is 0.484. The summed E-state index contributed by atoms with van der Waals surface area (Å²) in [6, 6.07) is 13.7. The second-order valence-electron chi connectivity index (χ2n) is 8.58. The third-order valence-electron chi connectivity index (χ3n) is 5.82. The molecule has 1 heterocycles. The van der Waals surface area contributed by atoms with Crippen LogP contribution in [0.4, 0.5) is 4.79 Å². The summed E-state index contributed by atoms with van der Waals surface area (Å²) in [6.45, 7) is 0.791. The molecule has 0 fully saturated rings. The van der Waals surface area contributed by atoms with Crippen molar-refractivity contribution in [2.75, 3.05) is 26.8 Å². The van der Waals surface area contributed by atoms with Gasteiger partial charge in [-0.15, -0.1) is 0 Å². The maximum Gasteiger partial charge on any atom is 0.416 e. The number of carboxylic acid groups (broad SMARTS) is 1. The summed E-state index contributed by atoms with van der Waals surface area (Å²) in [4.78, 5) is 28.5. The van der Waals surface area contributed by atoms with Crippen LogP contribution in [0.2, 0.25) is 0 Å². The van der Waals surface area contributed by atoms with E-state index in [0.29, 0.717) is 30.4 Å². The van der Waals surface area contributed by atoms with Crippen LogP contribution in [0.1, 0.15) is 18.4 Å². The van der Waals surface area contributed by atoms with E-state index in [1.54, 1.807) is 36.0 Å². The van der Waals surface area contributed by atoms with Crippen LogP contribution in [0.25, 0.3) is 0 Å². The average Bonchev–Trinajstić information content (AvgIpc) is 2.94. The second-order valence-corrected chi connectivity index (χ2v) is 9.53. The Labute approximate surface area is 226 Å². The van der Waals surface area contributed by atoms with E-state index in [4.69, 9.17) is 14.2 Å². The normalized spacial score (nSPS) is 14.4. The minimum atomic E-state index is -1.13. The molecule has 0 unspecified atom stereocenters. The standard InChI is InChI=1S/C29H30N2O6S/c1-35-24-11-13-26(14-12-24)37-29(34)31(21-28(32)33)19-22-7-9-25(10-8-22)36-17-15-30-16-18-38-27(20-30)23-5-3-2-4-6-23/h2-3,5,7-14,16,18,20H,4,6,15,17,19,21H2,1H3,(H,32,33). The third kappa shape index (κ3) is 7.94. The molecule has 1 aliphatic heterocycles.